The molecule has 0 saturated carbocycles. The van der Waals surface area contributed by atoms with E-state index in [0.717, 1.165) is 0 Å². The molecule has 0 radical (unpaired) electrons. The van der Waals surface area contributed by atoms with Gasteiger partial charge in [-0.2, -0.15) is 15.6 Å². The summed E-state index contributed by atoms with van der Waals surface area (Å²) in [7, 11) is 0. The lowest BCUT2D eigenvalue weighted by Gasteiger charge is -2.09. The maximum absolute atomic E-state index is 13.0. The Balaban J connectivity index is 2.41. The van der Waals surface area contributed by atoms with E-state index < -0.39 is 11.6 Å². The number of benzene rings is 2. The van der Waals surface area contributed by atoms with Crippen molar-refractivity contribution >= 4 is 28.8 Å². The Hall–Kier alpha value is -3.22. The summed E-state index contributed by atoms with van der Waals surface area (Å²) < 4.78 is 13.0. The Labute approximate surface area is 136 Å². The van der Waals surface area contributed by atoms with Crippen LogP contribution in [0.4, 0.5) is 10.1 Å². The fourth-order valence-electron chi connectivity index (χ4n) is 1.75. The molecule has 0 heterocycles. The summed E-state index contributed by atoms with van der Waals surface area (Å²) >= 11 is 5.91. The molecule has 0 bridgehead atoms. The smallest absolute Gasteiger partial charge is 0.237 e. The number of ketones is 1. The van der Waals surface area contributed by atoms with Crippen LogP contribution in [0.3, 0.4) is 0 Å². The zero-order valence-corrected chi connectivity index (χ0v) is 12.3. The molecule has 0 aliphatic rings. The van der Waals surface area contributed by atoms with Crippen molar-refractivity contribution in [3.63, 3.8) is 0 Å². The summed E-state index contributed by atoms with van der Waals surface area (Å²) in [6.45, 7) is 0. The number of anilines is 1. The highest BCUT2D eigenvalue weighted by Gasteiger charge is 2.14. The van der Waals surface area contributed by atoms with Gasteiger partial charge in [0.05, 0.1) is 5.69 Å². The zero-order valence-electron chi connectivity index (χ0n) is 11.5. The third kappa shape index (κ3) is 3.91. The second kappa shape index (κ2) is 7.17. The second-order valence-corrected chi connectivity index (χ2v) is 4.76. The quantitative estimate of drug-likeness (QED) is 0.529. The lowest BCUT2D eigenvalue weighted by Crippen LogP contribution is -2.06. The van der Waals surface area contributed by atoms with Gasteiger partial charge in [0, 0.05) is 16.1 Å². The van der Waals surface area contributed by atoms with Crippen LogP contribution in [0.25, 0.3) is 0 Å². The lowest BCUT2D eigenvalue weighted by atomic mass is 10.0. The molecule has 0 atom stereocenters. The van der Waals surface area contributed by atoms with Crippen LogP contribution >= 0.6 is 11.6 Å². The average Bonchev–Trinajstić information content (AvgIpc) is 2.57. The number of nitriles is 2. The van der Waals surface area contributed by atoms with Gasteiger partial charge in [0.15, 0.2) is 5.78 Å². The van der Waals surface area contributed by atoms with Crippen LogP contribution < -0.4 is 5.43 Å². The molecule has 0 unspecified atom stereocenters. The van der Waals surface area contributed by atoms with Gasteiger partial charge in [-0.25, -0.2) is 4.39 Å². The first-order chi connectivity index (χ1) is 11.0. The first-order valence-electron chi connectivity index (χ1n) is 6.29. The number of hydrogen-bond donors (Lipinski definition) is 1. The van der Waals surface area contributed by atoms with Crippen molar-refractivity contribution in [2.75, 3.05) is 5.43 Å². The molecule has 2 aromatic rings. The van der Waals surface area contributed by atoms with Gasteiger partial charge < -0.3 is 0 Å². The molecule has 0 aromatic heterocycles. The summed E-state index contributed by atoms with van der Waals surface area (Å²) in [5.74, 6) is -0.857. The van der Waals surface area contributed by atoms with Crippen LogP contribution in [0.2, 0.25) is 5.02 Å². The summed E-state index contributed by atoms with van der Waals surface area (Å²) in [5.41, 5.74) is 2.82. The summed E-state index contributed by atoms with van der Waals surface area (Å²) in [6, 6.07) is 12.7. The number of nitrogens with zero attached hydrogens (tertiary/aromatic N) is 3. The van der Waals surface area contributed by atoms with E-state index in [2.05, 4.69) is 10.5 Å². The molecular formula is C16H8ClFN4O. The van der Waals surface area contributed by atoms with Gasteiger partial charge in [-0.1, -0.05) is 11.6 Å². The minimum absolute atomic E-state index is 0.183. The Morgan fingerprint density at radius 2 is 1.78 bits per heavy atom. The summed E-state index contributed by atoms with van der Waals surface area (Å²) in [5, 5.41) is 21.3. The molecule has 0 aliphatic heterocycles. The fourth-order valence-corrected chi connectivity index (χ4v) is 1.92. The van der Waals surface area contributed by atoms with Crippen LogP contribution in [0.15, 0.2) is 47.6 Å². The molecule has 0 fully saturated rings. The van der Waals surface area contributed by atoms with E-state index in [-0.39, 0.29) is 22.5 Å². The van der Waals surface area contributed by atoms with Crippen molar-refractivity contribution in [1.29, 1.82) is 10.5 Å². The molecule has 1 N–H and O–H groups in total. The number of hydrogen-bond acceptors (Lipinski definition) is 5. The highest BCUT2D eigenvalue weighted by Crippen LogP contribution is 2.24. The van der Waals surface area contributed by atoms with Crippen LogP contribution in [0.1, 0.15) is 15.9 Å². The van der Waals surface area contributed by atoms with Gasteiger partial charge in [-0.15, -0.1) is 0 Å². The van der Waals surface area contributed by atoms with Crippen LogP contribution in [0, 0.1) is 28.5 Å². The predicted octanol–water partition coefficient (Wildman–Crippen LogP) is 3.53. The highest BCUT2D eigenvalue weighted by molar-refractivity contribution is 6.31. The van der Waals surface area contributed by atoms with Crippen molar-refractivity contribution in [2.24, 2.45) is 5.10 Å². The van der Waals surface area contributed by atoms with Gasteiger partial charge in [0.25, 0.3) is 0 Å². The predicted molar refractivity (Wildman–Crippen MR) is 83.6 cm³/mol. The topological polar surface area (TPSA) is 89.0 Å². The number of nitrogens with one attached hydrogen (secondary N) is 1. The lowest BCUT2D eigenvalue weighted by molar-refractivity contribution is 0.103. The van der Waals surface area contributed by atoms with Crippen molar-refractivity contribution in [3.8, 4) is 12.1 Å². The summed E-state index contributed by atoms with van der Waals surface area (Å²) in [6.07, 6.45) is 0. The standard InChI is InChI=1S/C16H8ClFN4O/c17-11-3-6-15(22-21-13(8-19)9-20)14(7-11)16(23)10-1-4-12(18)5-2-10/h1-7,22H. The van der Waals surface area contributed by atoms with E-state index in [0.29, 0.717) is 5.02 Å². The number of carbonyl (C=O) groups excluding carboxylic acids is 1. The third-order valence-corrected chi connectivity index (χ3v) is 3.07. The maximum atomic E-state index is 13.0. The van der Waals surface area contributed by atoms with Gasteiger partial charge in [-0.3, -0.25) is 10.2 Å². The molecule has 112 valence electrons. The largest absolute Gasteiger partial charge is 0.289 e. The molecule has 23 heavy (non-hydrogen) atoms. The molecular weight excluding hydrogens is 319 g/mol. The molecule has 0 spiro atoms. The number of hydrazone groups is 1. The average molecular weight is 327 g/mol. The van der Waals surface area contributed by atoms with Crippen molar-refractivity contribution in [2.45, 2.75) is 0 Å². The van der Waals surface area contributed by atoms with Gasteiger partial charge in [0.1, 0.15) is 18.0 Å². The fraction of sp³-hybridized carbons (Fsp3) is 0. The second-order valence-electron chi connectivity index (χ2n) is 4.32. The third-order valence-electron chi connectivity index (χ3n) is 2.83. The minimum atomic E-state index is -0.455. The Morgan fingerprint density at radius 1 is 1.13 bits per heavy atom. The van der Waals surface area contributed by atoms with E-state index in [1.54, 1.807) is 12.1 Å². The molecule has 0 aliphatic carbocycles. The van der Waals surface area contributed by atoms with Crippen molar-refractivity contribution < 1.29 is 9.18 Å². The van der Waals surface area contributed by atoms with E-state index in [1.807, 2.05) is 0 Å². The minimum Gasteiger partial charge on any atom is -0.289 e. The maximum Gasteiger partial charge on any atom is 0.237 e. The van der Waals surface area contributed by atoms with Crippen molar-refractivity contribution in [1.82, 2.24) is 0 Å². The zero-order chi connectivity index (χ0) is 16.8. The van der Waals surface area contributed by atoms with Gasteiger partial charge >= 0.3 is 0 Å². The van der Waals surface area contributed by atoms with Gasteiger partial charge in [-0.05, 0) is 42.5 Å². The van der Waals surface area contributed by atoms with E-state index in [1.165, 1.54) is 42.5 Å². The molecule has 2 rings (SSSR count). The SMILES string of the molecule is N#CC(C#N)=NNc1ccc(Cl)cc1C(=O)c1ccc(F)cc1. The van der Waals surface area contributed by atoms with E-state index in [4.69, 9.17) is 22.1 Å². The number of carbonyl (C=O) groups is 1. The van der Waals surface area contributed by atoms with E-state index >= 15 is 0 Å². The number of halogens is 2. The first-order valence-corrected chi connectivity index (χ1v) is 6.66. The highest BCUT2D eigenvalue weighted by atomic mass is 35.5. The van der Waals surface area contributed by atoms with Crippen molar-refractivity contribution in [3.05, 3.63) is 64.4 Å². The Morgan fingerprint density at radius 3 is 2.39 bits per heavy atom. The first kappa shape index (κ1) is 16.2. The Kier molecular flexibility index (Phi) is 5.03. The monoisotopic (exact) mass is 326 g/mol. The Bertz CT molecular complexity index is 847. The number of rotatable bonds is 4. The normalized spacial score (nSPS) is 9.39. The molecule has 0 saturated heterocycles. The van der Waals surface area contributed by atoms with Gasteiger partial charge in [0.2, 0.25) is 5.71 Å². The van der Waals surface area contributed by atoms with Crippen LogP contribution in [0.5, 0.6) is 0 Å². The van der Waals surface area contributed by atoms with Crippen LogP contribution in [-0.4, -0.2) is 11.5 Å². The van der Waals surface area contributed by atoms with E-state index in [9.17, 15) is 9.18 Å². The van der Waals surface area contributed by atoms with Crippen LogP contribution in [-0.2, 0) is 0 Å². The summed E-state index contributed by atoms with van der Waals surface area (Å²) in [4.78, 5) is 12.5. The molecule has 5 nitrogen and oxygen atoms in total. The molecule has 2 aromatic carbocycles. The molecule has 7 heteroatoms. The molecule has 0 amide bonds.